The summed E-state index contributed by atoms with van der Waals surface area (Å²) in [7, 11) is -4.45. The van der Waals surface area contributed by atoms with Crippen LogP contribution in [-0.2, 0) is 35.8 Å². The van der Waals surface area contributed by atoms with Crippen molar-refractivity contribution in [1.82, 2.24) is 9.55 Å². The quantitative estimate of drug-likeness (QED) is 0.504. The largest absolute Gasteiger partial charge is 0.530 e. The minimum absolute atomic E-state index is 0.00479. The normalized spacial score (nSPS) is 27.7. The van der Waals surface area contributed by atoms with Crippen LogP contribution in [0.5, 0.6) is 5.75 Å². The van der Waals surface area contributed by atoms with Crippen molar-refractivity contribution >= 4 is 19.4 Å². The lowest BCUT2D eigenvalue weighted by Gasteiger charge is -2.34. The molecule has 10 nitrogen and oxygen atoms in total. The van der Waals surface area contributed by atoms with Crippen molar-refractivity contribution in [2.45, 2.75) is 83.6 Å². The summed E-state index contributed by atoms with van der Waals surface area (Å²) in [5, 5.41) is 9.98. The zero-order chi connectivity index (χ0) is 28.4. The lowest BCUT2D eigenvalue weighted by atomic mass is 9.78. The molecule has 0 spiro atoms. The van der Waals surface area contributed by atoms with Crippen LogP contribution in [-0.4, -0.2) is 33.2 Å². The lowest BCUT2D eigenvalue weighted by Crippen LogP contribution is -2.36. The molecular formula is C24H30ClF2N2O8P. The summed E-state index contributed by atoms with van der Waals surface area (Å²) >= 11 is 5.74. The number of nitrogens with one attached hydrogen (secondary N) is 1. The van der Waals surface area contributed by atoms with Gasteiger partial charge in [-0.05, 0) is 22.5 Å². The van der Waals surface area contributed by atoms with Crippen LogP contribution in [0, 0.1) is 5.82 Å². The van der Waals surface area contributed by atoms with Gasteiger partial charge in [0.25, 0.3) is 5.56 Å². The number of phosphoric ester groups is 1. The second kappa shape index (κ2) is 9.53. The van der Waals surface area contributed by atoms with Crippen LogP contribution in [0.3, 0.4) is 0 Å². The number of phosphoric acid groups is 1. The van der Waals surface area contributed by atoms with Crippen molar-refractivity contribution in [3.63, 3.8) is 0 Å². The van der Waals surface area contributed by atoms with E-state index in [4.69, 9.17) is 29.9 Å². The summed E-state index contributed by atoms with van der Waals surface area (Å²) in [6, 6.07) is 1.66. The standard InChI is InChI=1S/C24H30ClF2N2O8P/c1-22(2,3)13-7-14(23(4,5)6)18-12(17(13)26)10-34-38(33,37-18)35-11-24(27)8-16(30)20(36-24)29-9-15(25)19(31)28-21(29)32/h7,9,16,20,30H,8,10-11H2,1-6H3,(H,28,31,32)/t16-,20-,24+,38?/m1/s1. The van der Waals surface area contributed by atoms with Gasteiger partial charge in [-0.2, -0.15) is 0 Å². The molecule has 0 radical (unpaired) electrons. The zero-order valence-electron chi connectivity index (χ0n) is 21.8. The fourth-order valence-electron chi connectivity index (χ4n) is 4.30. The van der Waals surface area contributed by atoms with Crippen molar-refractivity contribution < 1.29 is 36.8 Å². The first-order chi connectivity index (χ1) is 17.3. The number of ether oxygens (including phenoxy) is 1. The van der Waals surface area contributed by atoms with Crippen molar-refractivity contribution in [3.8, 4) is 5.75 Å². The highest BCUT2D eigenvalue weighted by atomic mass is 35.5. The smallest absolute Gasteiger partial charge is 0.403 e. The number of nitrogens with zero attached hydrogens (tertiary/aromatic N) is 1. The van der Waals surface area contributed by atoms with Crippen LogP contribution in [0.1, 0.15) is 70.9 Å². The summed E-state index contributed by atoms with van der Waals surface area (Å²) in [6.07, 6.45) is -2.87. The van der Waals surface area contributed by atoms with Gasteiger partial charge in [0, 0.05) is 18.2 Å². The minimum Gasteiger partial charge on any atom is -0.403 e. The molecule has 0 amide bonds. The fraction of sp³-hybridized carbons (Fsp3) is 0.583. The molecule has 0 aliphatic carbocycles. The van der Waals surface area contributed by atoms with Gasteiger partial charge >= 0.3 is 13.5 Å². The third kappa shape index (κ3) is 5.48. The number of hydrogen-bond donors (Lipinski definition) is 2. The molecular weight excluding hydrogens is 549 g/mol. The Bertz CT molecular complexity index is 1430. The van der Waals surface area contributed by atoms with E-state index in [1.807, 2.05) is 46.5 Å². The van der Waals surface area contributed by atoms with Gasteiger partial charge in [-0.25, -0.2) is 18.1 Å². The molecule has 0 bridgehead atoms. The van der Waals surface area contributed by atoms with E-state index in [-0.39, 0.29) is 16.3 Å². The van der Waals surface area contributed by atoms with Gasteiger partial charge in [-0.1, -0.05) is 53.1 Å². The van der Waals surface area contributed by atoms with E-state index in [0.29, 0.717) is 11.1 Å². The van der Waals surface area contributed by atoms with Gasteiger partial charge in [-0.3, -0.25) is 23.4 Å². The van der Waals surface area contributed by atoms with Gasteiger partial charge < -0.3 is 14.4 Å². The molecule has 1 saturated heterocycles. The van der Waals surface area contributed by atoms with Crippen LogP contribution < -0.4 is 15.8 Å². The van der Waals surface area contributed by atoms with Gasteiger partial charge in [0.15, 0.2) is 6.23 Å². The highest BCUT2D eigenvalue weighted by Crippen LogP contribution is 2.58. The molecule has 2 aliphatic heterocycles. The average molecular weight is 579 g/mol. The molecule has 0 saturated carbocycles. The van der Waals surface area contributed by atoms with E-state index in [1.165, 1.54) is 0 Å². The van der Waals surface area contributed by atoms with E-state index in [9.17, 15) is 19.3 Å². The summed E-state index contributed by atoms with van der Waals surface area (Å²) in [5.74, 6) is -3.26. The van der Waals surface area contributed by atoms with E-state index >= 15 is 8.78 Å². The molecule has 4 atom stereocenters. The Balaban J connectivity index is 1.58. The maximum absolute atomic E-state index is 15.5. The molecule has 4 rings (SSSR count). The molecule has 2 aromatic rings. The number of aliphatic hydroxyl groups excluding tert-OH is 1. The van der Waals surface area contributed by atoms with Gasteiger partial charge in [-0.15, -0.1) is 0 Å². The molecule has 1 aromatic heterocycles. The summed E-state index contributed by atoms with van der Waals surface area (Å²) in [4.78, 5) is 25.6. The number of benzene rings is 1. The van der Waals surface area contributed by atoms with Gasteiger partial charge in [0.2, 0.25) is 5.85 Å². The zero-order valence-corrected chi connectivity index (χ0v) is 23.4. The summed E-state index contributed by atoms with van der Waals surface area (Å²) in [6.45, 7) is 9.79. The predicted molar refractivity (Wildman–Crippen MR) is 134 cm³/mol. The number of aromatic nitrogens is 2. The van der Waals surface area contributed by atoms with E-state index < -0.39 is 73.5 Å². The van der Waals surface area contributed by atoms with Crippen LogP contribution in [0.25, 0.3) is 0 Å². The number of rotatable bonds is 4. The van der Waals surface area contributed by atoms with Crippen molar-refractivity contribution in [3.05, 3.63) is 60.6 Å². The maximum atomic E-state index is 15.5. The van der Waals surface area contributed by atoms with Gasteiger partial charge in [0.1, 0.15) is 29.3 Å². The lowest BCUT2D eigenvalue weighted by molar-refractivity contribution is -0.179. The first-order valence-corrected chi connectivity index (χ1v) is 13.7. The molecule has 38 heavy (non-hydrogen) atoms. The number of aromatic amines is 1. The SMILES string of the molecule is CC(C)(C)c1cc(C(C)(C)C)c2c(c1F)COP(=O)(OC[C@]1(F)C[C@@H](O)[C@H](n3cc(Cl)c(=O)[nH]c3=O)O1)O2. The first-order valence-electron chi connectivity index (χ1n) is 11.8. The molecule has 1 fully saturated rings. The van der Waals surface area contributed by atoms with Crippen LogP contribution in [0.4, 0.5) is 8.78 Å². The highest BCUT2D eigenvalue weighted by Gasteiger charge is 2.51. The molecule has 1 unspecified atom stereocenters. The van der Waals surface area contributed by atoms with Crippen LogP contribution >= 0.6 is 19.4 Å². The second-order valence-corrected chi connectivity index (χ2v) is 13.5. The molecule has 3 heterocycles. The molecule has 14 heteroatoms. The maximum Gasteiger partial charge on any atom is 0.530 e. The third-order valence-electron chi connectivity index (χ3n) is 6.31. The number of hydrogen-bond acceptors (Lipinski definition) is 8. The molecule has 1 aromatic carbocycles. The van der Waals surface area contributed by atoms with Crippen molar-refractivity contribution in [1.29, 1.82) is 0 Å². The first kappa shape index (κ1) is 28.9. The Labute approximate surface area is 222 Å². The number of fused-ring (bicyclic) bond motifs is 1. The van der Waals surface area contributed by atoms with Crippen molar-refractivity contribution in [2.24, 2.45) is 0 Å². The Kier molecular flexibility index (Phi) is 7.25. The topological polar surface area (TPSA) is 129 Å². The van der Waals surface area contributed by atoms with E-state index in [2.05, 4.69) is 0 Å². The second-order valence-electron chi connectivity index (χ2n) is 11.5. The summed E-state index contributed by atoms with van der Waals surface area (Å²) < 4.78 is 66.4. The third-order valence-corrected chi connectivity index (χ3v) is 7.87. The number of H-pyrrole nitrogens is 1. The number of alkyl halides is 1. The highest BCUT2D eigenvalue weighted by molar-refractivity contribution is 7.49. The summed E-state index contributed by atoms with van der Waals surface area (Å²) in [5.41, 5.74) is -1.84. The van der Waals surface area contributed by atoms with Gasteiger partial charge in [0.05, 0.1) is 12.2 Å². The predicted octanol–water partition coefficient (Wildman–Crippen LogP) is 4.60. The Hall–Kier alpha value is -2.08. The molecule has 2 aliphatic rings. The average Bonchev–Trinajstić information content (AvgIpc) is 3.08. The Morgan fingerprint density at radius 1 is 1.24 bits per heavy atom. The minimum atomic E-state index is -4.45. The Morgan fingerprint density at radius 3 is 2.47 bits per heavy atom. The van der Waals surface area contributed by atoms with Crippen LogP contribution in [0.2, 0.25) is 5.02 Å². The fourth-order valence-corrected chi connectivity index (χ4v) is 5.70. The monoisotopic (exact) mass is 578 g/mol. The van der Waals surface area contributed by atoms with E-state index in [1.54, 1.807) is 6.07 Å². The van der Waals surface area contributed by atoms with Crippen molar-refractivity contribution in [2.75, 3.05) is 6.61 Å². The number of aliphatic hydroxyl groups is 1. The molecule has 2 N–H and O–H groups in total. The number of halogens is 3. The van der Waals surface area contributed by atoms with E-state index in [0.717, 1.165) is 10.8 Å². The van der Waals surface area contributed by atoms with Crippen LogP contribution in [0.15, 0.2) is 21.9 Å². The molecule has 210 valence electrons. The Morgan fingerprint density at radius 2 is 1.87 bits per heavy atom.